The maximum Gasteiger partial charge on any atom is 0.330 e. The second-order valence-corrected chi connectivity index (χ2v) is 12.2. The van der Waals surface area contributed by atoms with E-state index < -0.39 is 17.2 Å². The summed E-state index contributed by atoms with van der Waals surface area (Å²) in [6.07, 6.45) is 4.29. The predicted octanol–water partition coefficient (Wildman–Crippen LogP) is 4.24. The number of ether oxygens (including phenoxy) is 1. The molecule has 4 aromatic rings. The van der Waals surface area contributed by atoms with E-state index in [9.17, 15) is 19.2 Å². The summed E-state index contributed by atoms with van der Waals surface area (Å²) in [7, 11) is 4.37. The standard InChI is InChI=1S/C33H32Cl2N6O5/c1-40-16-22(32(44)41(2)33(40)45)30(43)38-24-9-5-7-20(29(24)35)19-6-4-8-21(28(19)34)25-14-17-10-12-23(27(17)31(39-25)46-3)36-15-18-11-13-26(42)37-18/h4-9,14,16,18,23,36H,10-13,15H2,1-3H3,(H,37,42)(H,38,43). The number of anilines is 1. The van der Waals surface area contributed by atoms with Gasteiger partial charge in [-0.3, -0.25) is 19.0 Å². The zero-order chi connectivity index (χ0) is 32.7. The van der Waals surface area contributed by atoms with Gasteiger partial charge in [0.25, 0.3) is 11.5 Å². The number of carbonyl (C=O) groups excluding carboxylic acids is 2. The van der Waals surface area contributed by atoms with E-state index in [2.05, 4.69) is 16.0 Å². The maximum absolute atomic E-state index is 13.1. The third-order valence-corrected chi connectivity index (χ3v) is 9.37. The number of benzene rings is 2. The van der Waals surface area contributed by atoms with Crippen LogP contribution in [0.5, 0.6) is 5.88 Å². The van der Waals surface area contributed by atoms with Gasteiger partial charge in [0, 0.05) is 67.6 Å². The highest BCUT2D eigenvalue weighted by Crippen LogP contribution is 2.44. The summed E-state index contributed by atoms with van der Waals surface area (Å²) in [6.45, 7) is 0.677. The molecule has 6 rings (SSSR count). The summed E-state index contributed by atoms with van der Waals surface area (Å²) >= 11 is 13.9. The van der Waals surface area contributed by atoms with E-state index in [1.165, 1.54) is 20.3 Å². The molecule has 1 saturated heterocycles. The number of methoxy groups -OCH3 is 1. The molecule has 3 N–H and O–H groups in total. The Morgan fingerprint density at radius 1 is 1.02 bits per heavy atom. The van der Waals surface area contributed by atoms with Gasteiger partial charge >= 0.3 is 5.69 Å². The summed E-state index contributed by atoms with van der Waals surface area (Å²) in [5.41, 5.74) is 3.46. The van der Waals surface area contributed by atoms with E-state index in [0.717, 1.165) is 39.5 Å². The highest BCUT2D eigenvalue weighted by atomic mass is 35.5. The number of hydrogen-bond acceptors (Lipinski definition) is 7. The fourth-order valence-corrected chi connectivity index (χ4v) is 6.75. The molecular weight excluding hydrogens is 631 g/mol. The molecule has 0 saturated carbocycles. The Morgan fingerprint density at radius 2 is 1.74 bits per heavy atom. The van der Waals surface area contributed by atoms with Crippen molar-refractivity contribution in [1.29, 1.82) is 0 Å². The number of aryl methyl sites for hydroxylation is 2. The van der Waals surface area contributed by atoms with Crippen molar-refractivity contribution in [3.05, 3.63) is 96.2 Å². The van der Waals surface area contributed by atoms with Crippen LogP contribution in [-0.2, 0) is 25.3 Å². The lowest BCUT2D eigenvalue weighted by atomic mass is 9.99. The maximum atomic E-state index is 13.1. The number of fused-ring (bicyclic) bond motifs is 1. The molecule has 238 valence electrons. The van der Waals surface area contributed by atoms with E-state index in [0.29, 0.717) is 46.3 Å². The van der Waals surface area contributed by atoms with E-state index >= 15 is 0 Å². The second kappa shape index (κ2) is 12.7. The second-order valence-electron chi connectivity index (χ2n) is 11.5. The highest BCUT2D eigenvalue weighted by Gasteiger charge is 2.30. The topological polar surface area (TPSA) is 136 Å². The number of hydrogen-bond donors (Lipinski definition) is 3. The van der Waals surface area contributed by atoms with Crippen molar-refractivity contribution in [1.82, 2.24) is 24.8 Å². The van der Waals surface area contributed by atoms with Gasteiger partial charge in [-0.2, -0.15) is 0 Å². The van der Waals surface area contributed by atoms with Crippen molar-refractivity contribution in [2.75, 3.05) is 19.0 Å². The molecule has 2 aromatic heterocycles. The zero-order valence-corrected chi connectivity index (χ0v) is 27.0. The molecule has 0 bridgehead atoms. The van der Waals surface area contributed by atoms with Crippen LogP contribution in [0.3, 0.4) is 0 Å². The quantitative estimate of drug-likeness (QED) is 0.257. The number of carbonyl (C=O) groups is 2. The SMILES string of the molecule is COc1nc(-c2cccc(-c3cccc(NC(=O)c4cn(C)c(=O)n(C)c4=O)c3Cl)c2Cl)cc2c1C(NCC1CCC(=O)N1)CC2. The van der Waals surface area contributed by atoms with Gasteiger partial charge in [0.15, 0.2) is 0 Å². The third-order valence-electron chi connectivity index (χ3n) is 8.55. The van der Waals surface area contributed by atoms with Crippen molar-refractivity contribution in [3.63, 3.8) is 0 Å². The first-order valence-electron chi connectivity index (χ1n) is 14.8. The molecule has 0 radical (unpaired) electrons. The first kappa shape index (κ1) is 31.5. The average molecular weight is 664 g/mol. The first-order chi connectivity index (χ1) is 22.1. The van der Waals surface area contributed by atoms with E-state index in [1.807, 2.05) is 24.3 Å². The summed E-state index contributed by atoms with van der Waals surface area (Å²) in [4.78, 5) is 54.2. The predicted molar refractivity (Wildman–Crippen MR) is 177 cm³/mol. The smallest absolute Gasteiger partial charge is 0.330 e. The van der Waals surface area contributed by atoms with Gasteiger partial charge in [0.05, 0.1) is 28.5 Å². The van der Waals surface area contributed by atoms with Gasteiger partial charge in [-0.05, 0) is 37.0 Å². The van der Waals surface area contributed by atoms with Crippen LogP contribution in [0.4, 0.5) is 5.69 Å². The van der Waals surface area contributed by atoms with Crippen LogP contribution in [-0.4, -0.2) is 45.6 Å². The van der Waals surface area contributed by atoms with Crippen LogP contribution < -0.4 is 31.9 Å². The van der Waals surface area contributed by atoms with Crippen molar-refractivity contribution in [2.45, 2.75) is 37.8 Å². The summed E-state index contributed by atoms with van der Waals surface area (Å²) in [5, 5.41) is 9.92. The fourth-order valence-electron chi connectivity index (χ4n) is 6.15. The van der Waals surface area contributed by atoms with Crippen LogP contribution in [0.2, 0.25) is 10.0 Å². The van der Waals surface area contributed by atoms with Crippen molar-refractivity contribution in [3.8, 4) is 28.3 Å². The first-order valence-corrected chi connectivity index (χ1v) is 15.6. The molecule has 13 heteroatoms. The van der Waals surface area contributed by atoms with Gasteiger partial charge in [-0.25, -0.2) is 9.78 Å². The fraction of sp³-hybridized carbons (Fsp3) is 0.303. The Labute approximate surface area is 274 Å². The number of pyridine rings is 1. The number of rotatable bonds is 8. The van der Waals surface area contributed by atoms with Crippen LogP contribution in [0.25, 0.3) is 22.4 Å². The van der Waals surface area contributed by atoms with Gasteiger partial charge in [-0.1, -0.05) is 53.5 Å². The molecule has 1 aliphatic carbocycles. The monoisotopic (exact) mass is 662 g/mol. The highest BCUT2D eigenvalue weighted by molar-refractivity contribution is 6.39. The normalized spacial score (nSPS) is 17.1. The van der Waals surface area contributed by atoms with Crippen molar-refractivity contribution in [2.24, 2.45) is 14.1 Å². The van der Waals surface area contributed by atoms with Crippen molar-refractivity contribution >= 4 is 40.7 Å². The van der Waals surface area contributed by atoms with Gasteiger partial charge < -0.3 is 25.3 Å². The molecule has 2 unspecified atom stereocenters. The molecule has 46 heavy (non-hydrogen) atoms. The van der Waals surface area contributed by atoms with Crippen molar-refractivity contribution < 1.29 is 14.3 Å². The van der Waals surface area contributed by atoms with Gasteiger partial charge in [-0.15, -0.1) is 0 Å². The molecule has 11 nitrogen and oxygen atoms in total. The van der Waals surface area contributed by atoms with Crippen LogP contribution in [0, 0.1) is 0 Å². The van der Waals surface area contributed by atoms with E-state index in [1.54, 1.807) is 25.3 Å². The summed E-state index contributed by atoms with van der Waals surface area (Å²) in [6, 6.07) is 12.9. The number of aromatic nitrogens is 3. The van der Waals surface area contributed by atoms with E-state index in [4.69, 9.17) is 32.9 Å². The number of halogens is 2. The molecule has 2 aliphatic rings. The molecule has 2 aromatic carbocycles. The Morgan fingerprint density at radius 3 is 2.46 bits per heavy atom. The lowest BCUT2D eigenvalue weighted by Gasteiger charge is -2.20. The lowest BCUT2D eigenvalue weighted by molar-refractivity contribution is -0.119. The summed E-state index contributed by atoms with van der Waals surface area (Å²) in [5.74, 6) is -0.0928. The van der Waals surface area contributed by atoms with E-state index in [-0.39, 0.29) is 34.3 Å². The Bertz CT molecular complexity index is 2010. The largest absolute Gasteiger partial charge is 0.481 e. The number of nitrogens with zero attached hydrogens (tertiary/aromatic N) is 3. The molecule has 3 heterocycles. The minimum Gasteiger partial charge on any atom is -0.481 e. The van der Waals surface area contributed by atoms with Crippen LogP contribution in [0.15, 0.2) is 58.3 Å². The molecule has 1 aliphatic heterocycles. The Kier molecular flexibility index (Phi) is 8.73. The van der Waals surface area contributed by atoms with Crippen LogP contribution in [0.1, 0.15) is 46.8 Å². The van der Waals surface area contributed by atoms with Gasteiger partial charge in [0.1, 0.15) is 5.56 Å². The molecule has 2 atom stereocenters. The summed E-state index contributed by atoms with van der Waals surface area (Å²) < 4.78 is 7.79. The van der Waals surface area contributed by atoms with Gasteiger partial charge in [0.2, 0.25) is 11.8 Å². The van der Waals surface area contributed by atoms with Crippen LogP contribution >= 0.6 is 23.2 Å². The molecule has 1 fully saturated rings. The Hall–Kier alpha value is -4.45. The molecule has 0 spiro atoms. The number of amides is 2. The number of nitrogens with one attached hydrogen (secondary N) is 3. The average Bonchev–Trinajstić information content (AvgIpc) is 3.66. The zero-order valence-electron chi connectivity index (χ0n) is 25.4. The molecular formula is C33H32Cl2N6O5. The lowest BCUT2D eigenvalue weighted by Crippen LogP contribution is -2.40. The third kappa shape index (κ3) is 5.81. The Balaban J connectivity index is 1.29. The minimum atomic E-state index is -0.717. The molecule has 2 amide bonds. The minimum absolute atomic E-state index is 0.0588.